The van der Waals surface area contributed by atoms with Crippen LogP contribution in [0.2, 0.25) is 0 Å². The fraction of sp³-hybridized carbons (Fsp3) is 0.526. The van der Waals surface area contributed by atoms with Crippen LogP contribution in [0.3, 0.4) is 0 Å². The van der Waals surface area contributed by atoms with E-state index in [0.717, 1.165) is 24.2 Å². The van der Waals surface area contributed by atoms with Gasteiger partial charge in [0.15, 0.2) is 11.5 Å². The van der Waals surface area contributed by atoms with E-state index in [9.17, 15) is 4.79 Å². The normalized spacial score (nSPS) is 11.5. The molecule has 1 rings (SSSR count). The lowest BCUT2D eigenvalue weighted by Crippen LogP contribution is -2.22. The van der Waals surface area contributed by atoms with Gasteiger partial charge in [0.25, 0.3) is 0 Å². The van der Waals surface area contributed by atoms with Crippen LogP contribution in [-0.2, 0) is 9.53 Å². The third kappa shape index (κ3) is 7.73. The van der Waals surface area contributed by atoms with Gasteiger partial charge in [0.2, 0.25) is 0 Å². The summed E-state index contributed by atoms with van der Waals surface area (Å²) < 4.78 is 16.7. The number of ether oxygens (including phenoxy) is 3. The fourth-order valence-electron chi connectivity index (χ4n) is 1.78. The molecule has 128 valence electrons. The quantitative estimate of drug-likeness (QED) is 0.518. The highest BCUT2D eigenvalue weighted by Gasteiger charge is 2.14. The summed E-state index contributed by atoms with van der Waals surface area (Å²) in [5.74, 6) is 1.07. The maximum absolute atomic E-state index is 11.7. The molecule has 0 saturated carbocycles. The summed E-state index contributed by atoms with van der Waals surface area (Å²) >= 11 is 0. The number of rotatable bonds is 8. The van der Waals surface area contributed by atoms with Crippen molar-refractivity contribution in [3.8, 4) is 11.5 Å². The molecule has 0 N–H and O–H groups in total. The molecular formula is C19H28O4. The second kappa shape index (κ2) is 9.23. The lowest BCUT2D eigenvalue weighted by molar-refractivity contribution is -0.148. The number of benzene rings is 1. The standard InChI is InChI=1S/C19H28O4/c1-6-12-21-16-10-8-15(14-17(16)22-13-7-2)9-11-18(20)23-19(3,4)5/h8-11,14H,6-7,12-13H2,1-5H3. The van der Waals surface area contributed by atoms with Crippen molar-refractivity contribution in [2.75, 3.05) is 13.2 Å². The van der Waals surface area contributed by atoms with Crippen molar-refractivity contribution in [2.24, 2.45) is 0 Å². The largest absolute Gasteiger partial charge is 0.490 e. The van der Waals surface area contributed by atoms with Gasteiger partial charge in [-0.25, -0.2) is 4.79 Å². The van der Waals surface area contributed by atoms with Gasteiger partial charge in [0, 0.05) is 6.08 Å². The zero-order valence-corrected chi connectivity index (χ0v) is 14.8. The first-order valence-electron chi connectivity index (χ1n) is 8.16. The number of hydrogen-bond acceptors (Lipinski definition) is 4. The van der Waals surface area contributed by atoms with Crippen molar-refractivity contribution < 1.29 is 19.0 Å². The van der Waals surface area contributed by atoms with Gasteiger partial charge in [0.1, 0.15) is 5.60 Å². The summed E-state index contributed by atoms with van der Waals surface area (Å²) in [5, 5.41) is 0. The summed E-state index contributed by atoms with van der Waals surface area (Å²) in [6.07, 6.45) is 5.01. The van der Waals surface area contributed by atoms with Gasteiger partial charge >= 0.3 is 5.97 Å². The van der Waals surface area contributed by atoms with Crippen molar-refractivity contribution in [2.45, 2.75) is 53.1 Å². The average Bonchev–Trinajstić information content (AvgIpc) is 2.48. The van der Waals surface area contributed by atoms with Gasteiger partial charge in [-0.2, -0.15) is 0 Å². The second-order valence-electron chi connectivity index (χ2n) is 6.27. The molecule has 1 aromatic rings. The molecular weight excluding hydrogens is 292 g/mol. The van der Waals surface area contributed by atoms with Crippen LogP contribution in [0.25, 0.3) is 6.08 Å². The van der Waals surface area contributed by atoms with Gasteiger partial charge < -0.3 is 14.2 Å². The Kier molecular flexibility index (Phi) is 7.66. The Bertz CT molecular complexity index is 527. The van der Waals surface area contributed by atoms with E-state index < -0.39 is 5.60 Å². The molecule has 0 aromatic heterocycles. The van der Waals surface area contributed by atoms with Gasteiger partial charge in [-0.1, -0.05) is 19.9 Å². The molecule has 0 atom stereocenters. The zero-order valence-electron chi connectivity index (χ0n) is 14.8. The maximum atomic E-state index is 11.7. The van der Waals surface area contributed by atoms with Gasteiger partial charge in [-0.15, -0.1) is 0 Å². The lowest BCUT2D eigenvalue weighted by Gasteiger charge is -2.18. The highest BCUT2D eigenvalue weighted by atomic mass is 16.6. The molecule has 0 amide bonds. The summed E-state index contributed by atoms with van der Waals surface area (Å²) in [7, 11) is 0. The molecule has 0 fully saturated rings. The summed E-state index contributed by atoms with van der Waals surface area (Å²) in [6.45, 7) is 10.9. The van der Waals surface area contributed by atoms with Crippen LogP contribution in [0.15, 0.2) is 24.3 Å². The summed E-state index contributed by atoms with van der Waals surface area (Å²) in [5.41, 5.74) is 0.375. The minimum Gasteiger partial charge on any atom is -0.490 e. The van der Waals surface area contributed by atoms with E-state index in [0.29, 0.717) is 19.0 Å². The maximum Gasteiger partial charge on any atom is 0.331 e. The van der Waals surface area contributed by atoms with Crippen molar-refractivity contribution >= 4 is 12.0 Å². The summed E-state index contributed by atoms with van der Waals surface area (Å²) in [6, 6.07) is 5.64. The van der Waals surface area contributed by atoms with E-state index in [4.69, 9.17) is 14.2 Å². The monoisotopic (exact) mass is 320 g/mol. The summed E-state index contributed by atoms with van der Waals surface area (Å²) in [4.78, 5) is 11.7. The van der Waals surface area contributed by atoms with Gasteiger partial charge in [-0.3, -0.25) is 0 Å². The van der Waals surface area contributed by atoms with E-state index in [1.807, 2.05) is 39.0 Å². The molecule has 0 saturated heterocycles. The van der Waals surface area contributed by atoms with E-state index >= 15 is 0 Å². The highest BCUT2D eigenvalue weighted by molar-refractivity contribution is 5.87. The molecule has 23 heavy (non-hydrogen) atoms. The van der Waals surface area contributed by atoms with E-state index in [1.54, 1.807) is 6.08 Å². The SMILES string of the molecule is CCCOc1ccc(C=CC(=O)OC(C)(C)C)cc1OCCC. The Balaban J connectivity index is 2.84. The van der Waals surface area contributed by atoms with Crippen molar-refractivity contribution in [1.82, 2.24) is 0 Å². The predicted octanol–water partition coefficient (Wildman–Crippen LogP) is 4.62. The minimum absolute atomic E-state index is 0.361. The van der Waals surface area contributed by atoms with Crippen LogP contribution in [0.1, 0.15) is 53.0 Å². The number of carbonyl (C=O) groups excluding carboxylic acids is 1. The molecule has 0 aliphatic rings. The van der Waals surface area contributed by atoms with Gasteiger partial charge in [0.05, 0.1) is 13.2 Å². The molecule has 0 aliphatic heterocycles. The Morgan fingerprint density at radius 2 is 1.65 bits per heavy atom. The molecule has 1 aromatic carbocycles. The Morgan fingerprint density at radius 1 is 1.04 bits per heavy atom. The predicted molar refractivity (Wildman–Crippen MR) is 92.9 cm³/mol. The van der Waals surface area contributed by atoms with Crippen molar-refractivity contribution in [3.05, 3.63) is 29.8 Å². The Labute approximate surface area is 139 Å². The van der Waals surface area contributed by atoms with Crippen LogP contribution < -0.4 is 9.47 Å². The van der Waals surface area contributed by atoms with E-state index in [1.165, 1.54) is 6.08 Å². The van der Waals surface area contributed by atoms with Crippen LogP contribution >= 0.6 is 0 Å². The molecule has 0 bridgehead atoms. The zero-order chi connectivity index (χ0) is 17.3. The first-order valence-corrected chi connectivity index (χ1v) is 8.16. The average molecular weight is 320 g/mol. The van der Waals surface area contributed by atoms with Crippen molar-refractivity contribution in [3.63, 3.8) is 0 Å². The van der Waals surface area contributed by atoms with Crippen molar-refractivity contribution in [1.29, 1.82) is 0 Å². The van der Waals surface area contributed by atoms with E-state index in [2.05, 4.69) is 13.8 Å². The first kappa shape index (κ1) is 19.1. The molecule has 0 radical (unpaired) electrons. The van der Waals surface area contributed by atoms with Crippen LogP contribution in [-0.4, -0.2) is 24.8 Å². The van der Waals surface area contributed by atoms with E-state index in [-0.39, 0.29) is 5.97 Å². The number of hydrogen-bond donors (Lipinski definition) is 0. The molecule has 0 unspecified atom stereocenters. The number of carbonyl (C=O) groups is 1. The highest BCUT2D eigenvalue weighted by Crippen LogP contribution is 2.29. The van der Waals surface area contributed by atoms with Crippen LogP contribution in [0.4, 0.5) is 0 Å². The van der Waals surface area contributed by atoms with Crippen LogP contribution in [0, 0.1) is 0 Å². The van der Waals surface area contributed by atoms with Gasteiger partial charge in [-0.05, 0) is 57.4 Å². The third-order valence-electron chi connectivity index (χ3n) is 2.71. The lowest BCUT2D eigenvalue weighted by atomic mass is 10.1. The topological polar surface area (TPSA) is 44.8 Å². The molecule has 0 aliphatic carbocycles. The van der Waals surface area contributed by atoms with Crippen LogP contribution in [0.5, 0.6) is 11.5 Å². The second-order valence-corrected chi connectivity index (χ2v) is 6.27. The Hall–Kier alpha value is -1.97. The number of esters is 1. The Morgan fingerprint density at radius 3 is 2.22 bits per heavy atom. The minimum atomic E-state index is -0.491. The smallest absolute Gasteiger partial charge is 0.331 e. The fourth-order valence-corrected chi connectivity index (χ4v) is 1.78. The molecule has 0 heterocycles. The molecule has 4 nitrogen and oxygen atoms in total. The first-order chi connectivity index (χ1) is 10.9. The third-order valence-corrected chi connectivity index (χ3v) is 2.71. The molecule has 0 spiro atoms. The molecule has 4 heteroatoms.